The van der Waals surface area contributed by atoms with Crippen molar-refractivity contribution in [1.29, 1.82) is 0 Å². The number of hydrogen-bond acceptors (Lipinski definition) is 3. The third-order valence-corrected chi connectivity index (χ3v) is 3.05. The Morgan fingerprint density at radius 2 is 2.00 bits per heavy atom. The molecular weight excluding hydrogens is 302 g/mol. The van der Waals surface area contributed by atoms with E-state index in [9.17, 15) is 0 Å². The molecule has 0 aliphatic carbocycles. The first kappa shape index (κ1) is 12.3. The van der Waals surface area contributed by atoms with E-state index < -0.39 is 0 Å². The number of nitrogens with zero attached hydrogens (tertiary/aromatic N) is 2. The van der Waals surface area contributed by atoms with Crippen LogP contribution in [0.4, 0.5) is 11.6 Å². The summed E-state index contributed by atoms with van der Waals surface area (Å²) < 4.78 is 1.02. The Morgan fingerprint density at radius 3 is 2.65 bits per heavy atom. The van der Waals surface area contributed by atoms with Gasteiger partial charge in [-0.1, -0.05) is 27.5 Å². The van der Waals surface area contributed by atoms with E-state index in [-0.39, 0.29) is 0 Å². The first-order valence-corrected chi connectivity index (χ1v) is 6.25. The van der Waals surface area contributed by atoms with Crippen LogP contribution >= 0.6 is 27.5 Å². The van der Waals surface area contributed by atoms with Gasteiger partial charge in [0.2, 0.25) is 5.95 Å². The van der Waals surface area contributed by atoms with Crippen molar-refractivity contribution < 1.29 is 0 Å². The highest BCUT2D eigenvalue weighted by atomic mass is 79.9. The fourth-order valence-corrected chi connectivity index (χ4v) is 2.15. The molecule has 5 heteroatoms. The van der Waals surface area contributed by atoms with Crippen LogP contribution < -0.4 is 5.32 Å². The lowest BCUT2D eigenvalue weighted by Gasteiger charge is -2.07. The molecule has 0 saturated heterocycles. The summed E-state index contributed by atoms with van der Waals surface area (Å²) in [7, 11) is 0. The molecular formula is C12H11BrClN3. The van der Waals surface area contributed by atoms with E-state index in [2.05, 4.69) is 31.2 Å². The largest absolute Gasteiger partial charge is 0.324 e. The molecule has 0 spiro atoms. The van der Waals surface area contributed by atoms with Gasteiger partial charge in [-0.2, -0.15) is 0 Å². The van der Waals surface area contributed by atoms with Crippen LogP contribution in [0.3, 0.4) is 0 Å². The Hall–Kier alpha value is -1.13. The molecule has 1 N–H and O–H groups in total. The summed E-state index contributed by atoms with van der Waals surface area (Å²) in [4.78, 5) is 8.38. The Bertz CT molecular complexity index is 537. The van der Waals surface area contributed by atoms with Crippen LogP contribution in [0.1, 0.15) is 11.3 Å². The molecule has 1 aromatic carbocycles. The van der Waals surface area contributed by atoms with Crippen molar-refractivity contribution in [1.82, 2.24) is 9.97 Å². The van der Waals surface area contributed by atoms with Gasteiger partial charge in [-0.15, -0.1) is 0 Å². The normalized spacial score (nSPS) is 10.4. The third kappa shape index (κ3) is 3.17. The molecule has 0 fully saturated rings. The highest BCUT2D eigenvalue weighted by molar-refractivity contribution is 9.10. The predicted octanol–water partition coefficient (Wildman–Crippen LogP) is 4.25. The van der Waals surface area contributed by atoms with E-state index in [1.54, 1.807) is 6.20 Å². The van der Waals surface area contributed by atoms with E-state index in [0.29, 0.717) is 11.0 Å². The van der Waals surface area contributed by atoms with Crippen molar-refractivity contribution in [2.24, 2.45) is 0 Å². The predicted molar refractivity (Wildman–Crippen MR) is 73.9 cm³/mol. The molecule has 2 aromatic rings. The van der Waals surface area contributed by atoms with Gasteiger partial charge < -0.3 is 5.32 Å². The fourth-order valence-electron chi connectivity index (χ4n) is 1.45. The number of halogens is 2. The molecule has 1 aromatic heterocycles. The fraction of sp³-hybridized carbons (Fsp3) is 0.167. The summed E-state index contributed by atoms with van der Waals surface area (Å²) in [6.07, 6.45) is 1.59. The zero-order valence-corrected chi connectivity index (χ0v) is 11.8. The van der Waals surface area contributed by atoms with Crippen molar-refractivity contribution in [3.05, 3.63) is 45.1 Å². The highest BCUT2D eigenvalue weighted by Gasteiger charge is 2.02. The Balaban J connectivity index is 2.28. The van der Waals surface area contributed by atoms with E-state index >= 15 is 0 Å². The topological polar surface area (TPSA) is 37.8 Å². The Kier molecular flexibility index (Phi) is 3.64. The molecule has 0 saturated carbocycles. The zero-order chi connectivity index (χ0) is 12.4. The van der Waals surface area contributed by atoms with Gasteiger partial charge in [0.25, 0.3) is 0 Å². The van der Waals surface area contributed by atoms with Crippen LogP contribution in [0, 0.1) is 13.8 Å². The highest BCUT2D eigenvalue weighted by Crippen LogP contribution is 2.22. The lowest BCUT2D eigenvalue weighted by molar-refractivity contribution is 1.10. The average Bonchev–Trinajstić information content (AvgIpc) is 2.22. The number of anilines is 2. The van der Waals surface area contributed by atoms with Crippen LogP contribution in [0.15, 0.2) is 28.9 Å². The monoisotopic (exact) mass is 311 g/mol. The molecule has 0 aliphatic heterocycles. The minimum atomic E-state index is 0.546. The molecule has 0 unspecified atom stereocenters. The number of nitrogens with one attached hydrogen (secondary N) is 1. The quantitative estimate of drug-likeness (QED) is 0.900. The smallest absolute Gasteiger partial charge is 0.227 e. The summed E-state index contributed by atoms with van der Waals surface area (Å²) in [5.41, 5.74) is 2.86. The van der Waals surface area contributed by atoms with Crippen LogP contribution in [0.25, 0.3) is 0 Å². The van der Waals surface area contributed by atoms with Gasteiger partial charge in [0.15, 0.2) is 0 Å². The van der Waals surface area contributed by atoms with Gasteiger partial charge in [-0.3, -0.25) is 0 Å². The maximum Gasteiger partial charge on any atom is 0.227 e. The number of rotatable bonds is 2. The molecule has 0 radical (unpaired) electrons. The molecule has 0 bridgehead atoms. The van der Waals surface area contributed by atoms with Crippen molar-refractivity contribution >= 4 is 39.2 Å². The van der Waals surface area contributed by atoms with E-state index in [4.69, 9.17) is 11.6 Å². The number of benzene rings is 1. The van der Waals surface area contributed by atoms with Crippen molar-refractivity contribution in [2.45, 2.75) is 13.8 Å². The second-order valence-electron chi connectivity index (χ2n) is 3.77. The lowest BCUT2D eigenvalue weighted by Crippen LogP contribution is -1.98. The molecule has 3 nitrogen and oxygen atoms in total. The first-order valence-electron chi connectivity index (χ1n) is 5.08. The van der Waals surface area contributed by atoms with Crippen LogP contribution in [-0.2, 0) is 0 Å². The zero-order valence-electron chi connectivity index (χ0n) is 9.46. The second-order valence-corrected chi connectivity index (χ2v) is 5.09. The first-order chi connectivity index (χ1) is 8.04. The van der Waals surface area contributed by atoms with Crippen molar-refractivity contribution in [2.75, 3.05) is 5.32 Å². The summed E-state index contributed by atoms with van der Waals surface area (Å²) in [6.45, 7) is 3.88. The molecule has 0 amide bonds. The molecule has 17 heavy (non-hydrogen) atoms. The lowest BCUT2D eigenvalue weighted by atomic mass is 10.2. The summed E-state index contributed by atoms with van der Waals surface area (Å²) >= 11 is 9.32. The molecule has 0 aliphatic rings. The van der Waals surface area contributed by atoms with Crippen LogP contribution in [0.5, 0.6) is 0 Å². The van der Waals surface area contributed by atoms with E-state index in [1.165, 1.54) is 0 Å². The van der Waals surface area contributed by atoms with E-state index in [0.717, 1.165) is 21.4 Å². The van der Waals surface area contributed by atoms with Gasteiger partial charge in [0, 0.05) is 10.2 Å². The minimum Gasteiger partial charge on any atom is -0.324 e. The standard InChI is InChI=1S/C12H11BrClN3/c1-7-3-9(13)5-10(4-7)17-12-15-6-11(14)8(2)16-12/h3-6H,1-2H3,(H,15,16,17). The number of aryl methyl sites for hydroxylation is 2. The van der Waals surface area contributed by atoms with Gasteiger partial charge in [-0.05, 0) is 37.6 Å². The maximum absolute atomic E-state index is 5.87. The van der Waals surface area contributed by atoms with E-state index in [1.807, 2.05) is 32.0 Å². The maximum atomic E-state index is 5.87. The SMILES string of the molecule is Cc1cc(Br)cc(Nc2ncc(Cl)c(C)n2)c1. The average molecular weight is 313 g/mol. The molecule has 88 valence electrons. The van der Waals surface area contributed by atoms with Crippen molar-refractivity contribution in [3.8, 4) is 0 Å². The van der Waals surface area contributed by atoms with Crippen LogP contribution in [0.2, 0.25) is 5.02 Å². The molecule has 1 heterocycles. The molecule has 2 rings (SSSR count). The number of hydrogen-bond donors (Lipinski definition) is 1. The molecule has 0 atom stereocenters. The van der Waals surface area contributed by atoms with Gasteiger partial charge in [0.05, 0.1) is 16.9 Å². The second kappa shape index (κ2) is 5.02. The minimum absolute atomic E-state index is 0.546. The van der Waals surface area contributed by atoms with Crippen molar-refractivity contribution in [3.63, 3.8) is 0 Å². The van der Waals surface area contributed by atoms with Gasteiger partial charge in [-0.25, -0.2) is 9.97 Å². The summed E-state index contributed by atoms with van der Waals surface area (Å²) in [5.74, 6) is 0.546. The number of aromatic nitrogens is 2. The third-order valence-electron chi connectivity index (χ3n) is 2.22. The Morgan fingerprint density at radius 1 is 1.24 bits per heavy atom. The summed E-state index contributed by atoms with van der Waals surface area (Å²) in [6, 6.07) is 6.04. The Labute approximate surface area is 113 Å². The van der Waals surface area contributed by atoms with Gasteiger partial charge >= 0.3 is 0 Å². The summed E-state index contributed by atoms with van der Waals surface area (Å²) in [5, 5.41) is 3.71. The van der Waals surface area contributed by atoms with Gasteiger partial charge in [0.1, 0.15) is 0 Å². The van der Waals surface area contributed by atoms with Crippen LogP contribution in [-0.4, -0.2) is 9.97 Å².